The van der Waals surface area contributed by atoms with Crippen LogP contribution in [-0.4, -0.2) is 12.7 Å². The standard InChI is InChI=1S/C16H14BrClO2/c17-9-11-5-6-16(14(18)7-11)19-10-13-8-12-3-1-2-4-15(12)20-13/h1-7,13H,8-10H2. The van der Waals surface area contributed by atoms with Gasteiger partial charge < -0.3 is 9.47 Å². The molecule has 2 nitrogen and oxygen atoms in total. The SMILES string of the molecule is Clc1cc(CBr)ccc1OCC1Cc2ccccc2O1. The number of alkyl halides is 1. The summed E-state index contributed by atoms with van der Waals surface area (Å²) >= 11 is 9.60. The molecule has 0 aliphatic carbocycles. The minimum atomic E-state index is 0.0549. The van der Waals surface area contributed by atoms with Crippen molar-refractivity contribution in [2.75, 3.05) is 6.61 Å². The van der Waals surface area contributed by atoms with Gasteiger partial charge in [0.05, 0.1) is 5.02 Å². The Labute approximate surface area is 131 Å². The summed E-state index contributed by atoms with van der Waals surface area (Å²) in [6.07, 6.45) is 0.937. The van der Waals surface area contributed by atoms with E-state index in [9.17, 15) is 0 Å². The van der Waals surface area contributed by atoms with Crippen LogP contribution in [0.4, 0.5) is 0 Å². The molecule has 2 aromatic rings. The number of hydrogen-bond donors (Lipinski definition) is 0. The van der Waals surface area contributed by atoms with Gasteiger partial charge in [-0.25, -0.2) is 0 Å². The lowest BCUT2D eigenvalue weighted by Crippen LogP contribution is -2.22. The van der Waals surface area contributed by atoms with Gasteiger partial charge in [-0.2, -0.15) is 0 Å². The number of para-hydroxylation sites is 1. The Hall–Kier alpha value is -1.19. The van der Waals surface area contributed by atoms with E-state index in [2.05, 4.69) is 22.0 Å². The van der Waals surface area contributed by atoms with Crippen molar-refractivity contribution in [3.05, 3.63) is 58.6 Å². The highest BCUT2D eigenvalue weighted by Gasteiger charge is 2.23. The molecule has 0 saturated heterocycles. The highest BCUT2D eigenvalue weighted by atomic mass is 79.9. The molecule has 0 saturated carbocycles. The normalized spacial score (nSPS) is 16.6. The average Bonchev–Trinajstić information content (AvgIpc) is 2.88. The molecule has 0 N–H and O–H groups in total. The summed E-state index contributed by atoms with van der Waals surface area (Å²) < 4.78 is 11.6. The minimum Gasteiger partial charge on any atom is -0.488 e. The van der Waals surface area contributed by atoms with Crippen molar-refractivity contribution in [2.45, 2.75) is 17.9 Å². The molecule has 1 aliphatic rings. The van der Waals surface area contributed by atoms with E-state index in [1.165, 1.54) is 5.56 Å². The molecule has 0 aromatic heterocycles. The van der Waals surface area contributed by atoms with E-state index >= 15 is 0 Å². The summed E-state index contributed by atoms with van der Waals surface area (Å²) in [5.41, 5.74) is 2.37. The number of fused-ring (bicyclic) bond motifs is 1. The maximum Gasteiger partial charge on any atom is 0.138 e. The second kappa shape index (κ2) is 6.06. The largest absolute Gasteiger partial charge is 0.488 e. The second-order valence-electron chi connectivity index (χ2n) is 4.76. The topological polar surface area (TPSA) is 18.5 Å². The predicted octanol–water partition coefficient (Wildman–Crippen LogP) is 4.62. The van der Waals surface area contributed by atoms with Gasteiger partial charge in [0.15, 0.2) is 0 Å². The molecule has 0 spiro atoms. The maximum atomic E-state index is 6.20. The van der Waals surface area contributed by atoms with Crippen LogP contribution in [0.5, 0.6) is 11.5 Å². The average molecular weight is 354 g/mol. The third kappa shape index (κ3) is 2.94. The van der Waals surface area contributed by atoms with Crippen molar-refractivity contribution in [2.24, 2.45) is 0 Å². The van der Waals surface area contributed by atoms with Crippen LogP contribution in [0.2, 0.25) is 5.02 Å². The van der Waals surface area contributed by atoms with Crippen LogP contribution in [-0.2, 0) is 11.8 Å². The van der Waals surface area contributed by atoms with Gasteiger partial charge in [-0.3, -0.25) is 0 Å². The smallest absolute Gasteiger partial charge is 0.138 e. The first-order valence-corrected chi connectivity index (χ1v) is 7.98. The molecule has 1 unspecified atom stereocenters. The molecule has 0 bridgehead atoms. The van der Waals surface area contributed by atoms with Gasteiger partial charge in [-0.05, 0) is 29.3 Å². The zero-order valence-corrected chi connectivity index (χ0v) is 13.2. The van der Waals surface area contributed by atoms with E-state index in [1.807, 2.05) is 36.4 Å². The van der Waals surface area contributed by atoms with Crippen molar-refractivity contribution in [3.8, 4) is 11.5 Å². The number of benzene rings is 2. The Morgan fingerprint density at radius 3 is 2.85 bits per heavy atom. The molecular formula is C16H14BrClO2. The monoisotopic (exact) mass is 352 g/mol. The molecule has 0 radical (unpaired) electrons. The van der Waals surface area contributed by atoms with E-state index in [-0.39, 0.29) is 6.10 Å². The maximum absolute atomic E-state index is 6.20. The first-order chi connectivity index (χ1) is 9.76. The van der Waals surface area contributed by atoms with Gasteiger partial charge in [-0.15, -0.1) is 0 Å². The molecule has 2 aromatic carbocycles. The molecule has 1 heterocycles. The van der Waals surface area contributed by atoms with E-state index in [0.29, 0.717) is 17.4 Å². The Kier molecular flexibility index (Phi) is 4.18. The Morgan fingerprint density at radius 1 is 1.25 bits per heavy atom. The van der Waals surface area contributed by atoms with Crippen LogP contribution in [0, 0.1) is 0 Å². The summed E-state index contributed by atoms with van der Waals surface area (Å²) in [5, 5.41) is 1.42. The van der Waals surface area contributed by atoms with E-state index in [4.69, 9.17) is 21.1 Å². The molecule has 104 valence electrons. The summed E-state index contributed by atoms with van der Waals surface area (Å²) in [7, 11) is 0. The molecule has 0 fully saturated rings. The fourth-order valence-corrected chi connectivity index (χ4v) is 2.88. The van der Waals surface area contributed by atoms with Crippen molar-refractivity contribution in [1.82, 2.24) is 0 Å². The Morgan fingerprint density at radius 2 is 2.10 bits per heavy atom. The predicted molar refractivity (Wildman–Crippen MR) is 84.1 cm³/mol. The van der Waals surface area contributed by atoms with Gasteiger partial charge >= 0.3 is 0 Å². The van der Waals surface area contributed by atoms with Crippen LogP contribution in [0.1, 0.15) is 11.1 Å². The third-order valence-electron chi connectivity index (χ3n) is 3.29. The van der Waals surface area contributed by atoms with Crippen LogP contribution < -0.4 is 9.47 Å². The Bertz CT molecular complexity index is 590. The molecular weight excluding hydrogens is 340 g/mol. The quantitative estimate of drug-likeness (QED) is 0.747. The van der Waals surface area contributed by atoms with E-state index in [1.54, 1.807) is 0 Å². The van der Waals surface area contributed by atoms with Crippen LogP contribution in [0.25, 0.3) is 0 Å². The second-order valence-corrected chi connectivity index (χ2v) is 5.73. The van der Waals surface area contributed by atoms with Crippen molar-refractivity contribution >= 4 is 27.5 Å². The molecule has 1 aliphatic heterocycles. The zero-order chi connectivity index (χ0) is 13.9. The summed E-state index contributed by atoms with van der Waals surface area (Å²) in [6, 6.07) is 13.9. The summed E-state index contributed by atoms with van der Waals surface area (Å²) in [5.74, 6) is 1.66. The molecule has 0 amide bonds. The number of hydrogen-bond acceptors (Lipinski definition) is 2. The third-order valence-corrected chi connectivity index (χ3v) is 4.23. The lowest BCUT2D eigenvalue weighted by atomic mass is 10.1. The molecule has 20 heavy (non-hydrogen) atoms. The van der Waals surface area contributed by atoms with Gasteiger partial charge in [0, 0.05) is 11.8 Å². The number of ether oxygens (including phenoxy) is 2. The highest BCUT2D eigenvalue weighted by molar-refractivity contribution is 9.08. The Balaban J connectivity index is 1.61. The van der Waals surface area contributed by atoms with Crippen LogP contribution >= 0.6 is 27.5 Å². The lowest BCUT2D eigenvalue weighted by molar-refractivity contribution is 0.148. The van der Waals surface area contributed by atoms with Crippen LogP contribution in [0.15, 0.2) is 42.5 Å². The van der Waals surface area contributed by atoms with Gasteiger partial charge in [-0.1, -0.05) is 51.8 Å². The first kappa shape index (κ1) is 13.8. The summed E-state index contributed by atoms with van der Waals surface area (Å²) in [4.78, 5) is 0. The highest BCUT2D eigenvalue weighted by Crippen LogP contribution is 2.30. The number of rotatable bonds is 4. The van der Waals surface area contributed by atoms with E-state index < -0.39 is 0 Å². The fourth-order valence-electron chi connectivity index (χ4n) is 2.27. The lowest BCUT2D eigenvalue weighted by Gasteiger charge is -2.13. The molecule has 1 atom stereocenters. The van der Waals surface area contributed by atoms with Crippen molar-refractivity contribution in [3.63, 3.8) is 0 Å². The van der Waals surface area contributed by atoms with Gasteiger partial charge in [0.2, 0.25) is 0 Å². The zero-order valence-electron chi connectivity index (χ0n) is 10.8. The minimum absolute atomic E-state index is 0.0549. The van der Waals surface area contributed by atoms with Crippen molar-refractivity contribution in [1.29, 1.82) is 0 Å². The van der Waals surface area contributed by atoms with Gasteiger partial charge in [0.25, 0.3) is 0 Å². The van der Waals surface area contributed by atoms with Crippen molar-refractivity contribution < 1.29 is 9.47 Å². The first-order valence-electron chi connectivity index (χ1n) is 6.48. The summed E-state index contributed by atoms with van der Waals surface area (Å²) in [6.45, 7) is 0.502. The molecule has 4 heteroatoms. The fraction of sp³-hybridized carbons (Fsp3) is 0.250. The van der Waals surface area contributed by atoms with E-state index in [0.717, 1.165) is 23.1 Å². The number of halogens is 2. The van der Waals surface area contributed by atoms with Crippen LogP contribution in [0.3, 0.4) is 0 Å². The molecule has 3 rings (SSSR count). The van der Waals surface area contributed by atoms with Gasteiger partial charge in [0.1, 0.15) is 24.2 Å².